The van der Waals surface area contributed by atoms with E-state index in [0.717, 1.165) is 54.9 Å². The molecule has 7 atom stereocenters. The first-order valence-corrected chi connectivity index (χ1v) is 16.5. The van der Waals surface area contributed by atoms with Gasteiger partial charge in [-0.3, -0.25) is 0 Å². The highest BCUT2D eigenvalue weighted by atomic mass is 16.7. The van der Waals surface area contributed by atoms with E-state index in [4.69, 9.17) is 9.47 Å². The molecule has 0 aliphatic heterocycles. The van der Waals surface area contributed by atoms with E-state index in [1.54, 1.807) is 5.57 Å². The number of aryl methyl sites for hydroxylation is 1. The zero-order chi connectivity index (χ0) is 27.5. The zero-order valence-electron chi connectivity index (χ0n) is 25.3. The smallest absolute Gasteiger partial charge is 0.430 e. The minimum absolute atomic E-state index is 0.0655. The highest BCUT2D eigenvalue weighted by Crippen LogP contribution is 2.66. The van der Waals surface area contributed by atoms with E-state index in [2.05, 4.69) is 33.8 Å². The van der Waals surface area contributed by atoms with Gasteiger partial charge < -0.3 is 9.47 Å². The van der Waals surface area contributed by atoms with Crippen molar-refractivity contribution in [2.45, 2.75) is 137 Å². The van der Waals surface area contributed by atoms with Gasteiger partial charge in [-0.15, -0.1) is 0 Å². The SMILES string of the molecule is CCCCCCCC[C@@H]1CC[C@@H]2[C@H]3CC=C4C[C@@H](OC(=O)Oc5ccccc5CC)CC[C@]4(C)[C@H]3CC[C@]12C. The van der Waals surface area contributed by atoms with Crippen LogP contribution in [0.15, 0.2) is 35.9 Å². The highest BCUT2D eigenvalue weighted by Gasteiger charge is 2.58. The molecule has 1 aromatic rings. The molecule has 0 bridgehead atoms. The van der Waals surface area contributed by atoms with Gasteiger partial charge >= 0.3 is 6.16 Å². The number of allylic oxidation sites excluding steroid dienone is 1. The molecular weight excluding hydrogens is 480 g/mol. The van der Waals surface area contributed by atoms with Crippen LogP contribution in [0.2, 0.25) is 0 Å². The minimum atomic E-state index is -0.547. The van der Waals surface area contributed by atoms with Gasteiger partial charge in [0.15, 0.2) is 0 Å². The Morgan fingerprint density at radius 2 is 1.72 bits per heavy atom. The molecule has 216 valence electrons. The normalized spacial score (nSPS) is 35.4. The van der Waals surface area contributed by atoms with Crippen molar-refractivity contribution < 1.29 is 14.3 Å². The first-order valence-electron chi connectivity index (χ1n) is 16.5. The van der Waals surface area contributed by atoms with Gasteiger partial charge in [-0.05, 0) is 104 Å². The molecule has 0 spiro atoms. The van der Waals surface area contributed by atoms with E-state index >= 15 is 0 Å². The fourth-order valence-corrected chi connectivity index (χ4v) is 9.63. The molecule has 0 unspecified atom stereocenters. The molecule has 3 heteroatoms. The van der Waals surface area contributed by atoms with Gasteiger partial charge in [-0.1, -0.05) is 96.1 Å². The molecule has 0 aromatic heterocycles. The Kier molecular flexibility index (Phi) is 9.14. The largest absolute Gasteiger partial charge is 0.514 e. The Morgan fingerprint density at radius 1 is 0.923 bits per heavy atom. The van der Waals surface area contributed by atoms with Crippen LogP contribution >= 0.6 is 0 Å². The summed E-state index contributed by atoms with van der Waals surface area (Å²) in [4.78, 5) is 12.7. The minimum Gasteiger partial charge on any atom is -0.430 e. The number of carbonyl (C=O) groups is 1. The molecule has 3 fully saturated rings. The monoisotopic (exact) mass is 534 g/mol. The number of para-hydroxylation sites is 1. The lowest BCUT2D eigenvalue weighted by atomic mass is 9.47. The van der Waals surface area contributed by atoms with Gasteiger partial charge in [0.2, 0.25) is 0 Å². The first kappa shape index (κ1) is 28.7. The molecule has 0 amide bonds. The molecular formula is C36H54O3. The molecule has 3 nitrogen and oxygen atoms in total. The standard InChI is InChI=1S/C36H54O3/c1-5-7-8-9-10-11-15-27-18-20-31-30-19-17-28-25-29(21-23-36(28,4)32(30)22-24-35(27,31)3)38-34(37)39-33-16-13-12-14-26(33)6-2/h12-14,16-17,27,29-32H,5-11,15,18-25H2,1-4H3/t27-,29+,30-,31-,32+,35-,36+/m1/s1. The predicted molar refractivity (Wildman–Crippen MR) is 160 cm³/mol. The summed E-state index contributed by atoms with van der Waals surface area (Å²) in [6.07, 6.45) is 22.7. The molecule has 0 radical (unpaired) electrons. The number of hydrogen-bond acceptors (Lipinski definition) is 3. The second-order valence-corrected chi connectivity index (χ2v) is 13.9. The number of unbranched alkanes of at least 4 members (excludes halogenated alkanes) is 5. The number of hydrogen-bond donors (Lipinski definition) is 0. The van der Waals surface area contributed by atoms with Crippen molar-refractivity contribution >= 4 is 6.16 Å². The lowest BCUT2D eigenvalue weighted by Gasteiger charge is -2.58. The summed E-state index contributed by atoms with van der Waals surface area (Å²) >= 11 is 0. The van der Waals surface area contributed by atoms with E-state index in [9.17, 15) is 4.79 Å². The predicted octanol–water partition coefficient (Wildman–Crippen LogP) is 10.5. The average molecular weight is 535 g/mol. The van der Waals surface area contributed by atoms with Crippen molar-refractivity contribution in [2.24, 2.45) is 34.5 Å². The third-order valence-electron chi connectivity index (χ3n) is 12.0. The molecule has 4 aliphatic carbocycles. The molecule has 3 saturated carbocycles. The third-order valence-corrected chi connectivity index (χ3v) is 12.0. The molecule has 0 heterocycles. The molecule has 39 heavy (non-hydrogen) atoms. The van der Waals surface area contributed by atoms with E-state index in [0.29, 0.717) is 11.2 Å². The summed E-state index contributed by atoms with van der Waals surface area (Å²) < 4.78 is 11.5. The summed E-state index contributed by atoms with van der Waals surface area (Å²) in [7, 11) is 0. The third kappa shape index (κ3) is 5.84. The number of ether oxygens (including phenoxy) is 2. The van der Waals surface area contributed by atoms with Crippen LogP contribution in [0.1, 0.15) is 130 Å². The van der Waals surface area contributed by atoms with Gasteiger partial charge in [0.05, 0.1) is 0 Å². The second-order valence-electron chi connectivity index (χ2n) is 13.9. The summed E-state index contributed by atoms with van der Waals surface area (Å²) in [5.41, 5.74) is 3.44. The Balaban J connectivity index is 1.18. The fourth-order valence-electron chi connectivity index (χ4n) is 9.63. The van der Waals surface area contributed by atoms with Crippen LogP contribution in [0.3, 0.4) is 0 Å². The van der Waals surface area contributed by atoms with Crippen molar-refractivity contribution in [3.05, 3.63) is 41.5 Å². The number of carbonyl (C=O) groups excluding carboxylic acids is 1. The van der Waals surface area contributed by atoms with Crippen molar-refractivity contribution in [3.8, 4) is 5.75 Å². The van der Waals surface area contributed by atoms with Crippen molar-refractivity contribution in [1.29, 1.82) is 0 Å². The molecule has 0 saturated heterocycles. The molecule has 4 aliphatic rings. The summed E-state index contributed by atoms with van der Waals surface area (Å²) in [6.45, 7) is 9.61. The topological polar surface area (TPSA) is 35.5 Å². The van der Waals surface area contributed by atoms with E-state index in [1.807, 2.05) is 24.3 Å². The van der Waals surface area contributed by atoms with Crippen LogP contribution in [0.4, 0.5) is 4.79 Å². The van der Waals surface area contributed by atoms with Crippen LogP contribution in [0.25, 0.3) is 0 Å². The van der Waals surface area contributed by atoms with Crippen LogP contribution < -0.4 is 4.74 Å². The van der Waals surface area contributed by atoms with Gasteiger partial charge in [0, 0.05) is 6.42 Å². The summed E-state index contributed by atoms with van der Waals surface area (Å²) in [5.74, 6) is 4.12. The Labute approximate surface area is 238 Å². The summed E-state index contributed by atoms with van der Waals surface area (Å²) in [5, 5.41) is 0. The van der Waals surface area contributed by atoms with Gasteiger partial charge in [-0.25, -0.2) is 4.79 Å². The highest BCUT2D eigenvalue weighted by molar-refractivity contribution is 5.64. The second kappa shape index (κ2) is 12.4. The Bertz CT molecular complexity index is 1010. The van der Waals surface area contributed by atoms with Crippen molar-refractivity contribution in [3.63, 3.8) is 0 Å². The number of fused-ring (bicyclic) bond motifs is 5. The lowest BCUT2D eigenvalue weighted by Crippen LogP contribution is -2.50. The lowest BCUT2D eigenvalue weighted by molar-refractivity contribution is -0.0538. The number of rotatable bonds is 10. The Morgan fingerprint density at radius 3 is 2.54 bits per heavy atom. The average Bonchev–Trinajstić information content (AvgIpc) is 3.27. The molecule has 1 aromatic carbocycles. The maximum absolute atomic E-state index is 12.7. The zero-order valence-corrected chi connectivity index (χ0v) is 25.3. The maximum Gasteiger partial charge on any atom is 0.514 e. The quantitative estimate of drug-likeness (QED) is 0.130. The fraction of sp³-hybridized carbons (Fsp3) is 0.750. The number of benzene rings is 1. The molecule has 0 N–H and O–H groups in total. The first-order chi connectivity index (χ1) is 18.9. The maximum atomic E-state index is 12.7. The van der Waals surface area contributed by atoms with Gasteiger partial charge in [0.1, 0.15) is 11.9 Å². The van der Waals surface area contributed by atoms with Crippen molar-refractivity contribution in [1.82, 2.24) is 0 Å². The molecule has 5 rings (SSSR count). The summed E-state index contributed by atoms with van der Waals surface area (Å²) in [6, 6.07) is 7.76. The Hall–Kier alpha value is -1.77. The van der Waals surface area contributed by atoms with E-state index in [-0.39, 0.29) is 11.5 Å². The van der Waals surface area contributed by atoms with E-state index in [1.165, 1.54) is 77.0 Å². The van der Waals surface area contributed by atoms with Gasteiger partial charge in [-0.2, -0.15) is 0 Å². The van der Waals surface area contributed by atoms with Gasteiger partial charge in [0.25, 0.3) is 0 Å². The van der Waals surface area contributed by atoms with E-state index < -0.39 is 6.16 Å². The van der Waals surface area contributed by atoms with Crippen LogP contribution in [0.5, 0.6) is 5.75 Å². The van der Waals surface area contributed by atoms with Crippen molar-refractivity contribution in [2.75, 3.05) is 0 Å². The van der Waals surface area contributed by atoms with Crippen LogP contribution in [-0.4, -0.2) is 12.3 Å². The van der Waals surface area contributed by atoms with Crippen LogP contribution in [0, 0.1) is 34.5 Å². The van der Waals surface area contributed by atoms with Crippen LogP contribution in [-0.2, 0) is 11.2 Å².